The Morgan fingerprint density at radius 3 is 2.00 bits per heavy atom. The summed E-state index contributed by atoms with van der Waals surface area (Å²) in [5.41, 5.74) is 0.0473. The van der Waals surface area contributed by atoms with Crippen molar-refractivity contribution in [1.29, 1.82) is 0 Å². The molecule has 1 saturated heterocycles. The Balaban J connectivity index is 1.49. The Labute approximate surface area is 198 Å². The van der Waals surface area contributed by atoms with Gasteiger partial charge in [0.15, 0.2) is 5.78 Å². The van der Waals surface area contributed by atoms with Gasteiger partial charge in [-0.2, -0.15) is 5.01 Å². The number of nitrogens with zero attached hydrogens (tertiary/aromatic N) is 3. The highest BCUT2D eigenvalue weighted by Crippen LogP contribution is 2.52. The predicted molar refractivity (Wildman–Crippen MR) is 119 cm³/mol. The maximum Gasteiger partial charge on any atom is 0.273 e. The van der Waals surface area contributed by atoms with E-state index in [1.54, 1.807) is 0 Å². The first-order valence-corrected chi connectivity index (χ1v) is 11.0. The van der Waals surface area contributed by atoms with Crippen molar-refractivity contribution in [3.8, 4) is 0 Å². The predicted octanol–water partition coefficient (Wildman–Crippen LogP) is 3.30. The fraction of sp³-hybridized carbons (Fsp3) is 0.250. The van der Waals surface area contributed by atoms with E-state index >= 15 is 0 Å². The molecule has 3 amide bonds. The van der Waals surface area contributed by atoms with Crippen LogP contribution in [0.2, 0.25) is 5.02 Å². The van der Waals surface area contributed by atoms with Crippen LogP contribution in [0, 0.1) is 33.8 Å². The number of hydrazine groups is 1. The molecule has 2 fully saturated rings. The fourth-order valence-electron chi connectivity index (χ4n) is 5.10. The minimum absolute atomic E-state index is 0.00765. The molecule has 3 aliphatic rings. The van der Waals surface area contributed by atoms with Gasteiger partial charge >= 0.3 is 0 Å². The lowest BCUT2D eigenvalue weighted by atomic mass is 9.85. The molecular weight excluding hydrogens is 462 g/mol. The van der Waals surface area contributed by atoms with Gasteiger partial charge in [0.1, 0.15) is 6.54 Å². The van der Waals surface area contributed by atoms with E-state index in [0.29, 0.717) is 5.02 Å². The van der Waals surface area contributed by atoms with Crippen LogP contribution in [-0.4, -0.2) is 45.0 Å². The number of benzene rings is 2. The number of ketones is 1. The van der Waals surface area contributed by atoms with Crippen LogP contribution in [0.4, 0.5) is 5.69 Å². The maximum absolute atomic E-state index is 13.4. The minimum atomic E-state index is -0.779. The van der Waals surface area contributed by atoms with Crippen LogP contribution in [0.1, 0.15) is 27.1 Å². The number of nitro groups is 1. The SMILES string of the molecule is O=C(CN(C(=O)c1ccc([N+](=O)[O-])cc1)N1C(=O)[C@@H]2[C@H](C1=O)[C@H]1C=C[C@H]2C1)c1ccc(Cl)cc1. The molecule has 0 N–H and O–H groups in total. The standard InChI is InChI=1S/C24H18ClN3O6/c25-17-7-3-13(4-8-17)19(29)12-26(22(30)14-5-9-18(10-6-14)28(33)34)27-23(31)20-15-1-2-16(11-15)21(20)24(27)32/h1-10,15-16,20-21H,11-12H2/t15-,16-,20-,21+/m0/s1. The first-order chi connectivity index (χ1) is 16.3. The summed E-state index contributed by atoms with van der Waals surface area (Å²) < 4.78 is 0. The number of halogens is 1. The zero-order valence-corrected chi connectivity index (χ0v) is 18.4. The molecule has 172 valence electrons. The number of Topliss-reactive ketones (excluding diaryl/α,β-unsaturated/α-hetero) is 1. The monoisotopic (exact) mass is 479 g/mol. The van der Waals surface area contributed by atoms with Crippen LogP contribution >= 0.6 is 11.6 Å². The van der Waals surface area contributed by atoms with Gasteiger partial charge in [0.2, 0.25) is 0 Å². The van der Waals surface area contributed by atoms with Crippen LogP contribution in [0.5, 0.6) is 0 Å². The molecule has 9 nitrogen and oxygen atoms in total. The molecular formula is C24H18ClN3O6. The molecule has 34 heavy (non-hydrogen) atoms. The summed E-state index contributed by atoms with van der Waals surface area (Å²) in [6, 6.07) is 10.8. The van der Waals surface area contributed by atoms with Crippen molar-refractivity contribution < 1.29 is 24.1 Å². The number of rotatable bonds is 6. The summed E-state index contributed by atoms with van der Waals surface area (Å²) in [5, 5.41) is 13.1. The number of carbonyl (C=O) groups excluding carboxylic acids is 4. The molecule has 0 radical (unpaired) electrons. The van der Waals surface area contributed by atoms with Crippen LogP contribution in [-0.2, 0) is 9.59 Å². The molecule has 2 aromatic rings. The quantitative estimate of drug-likeness (QED) is 0.206. The van der Waals surface area contributed by atoms with Gasteiger partial charge in [-0.05, 0) is 54.7 Å². The van der Waals surface area contributed by atoms with E-state index in [1.165, 1.54) is 36.4 Å². The molecule has 2 bridgehead atoms. The molecule has 10 heteroatoms. The fourth-order valence-corrected chi connectivity index (χ4v) is 5.22. The van der Waals surface area contributed by atoms with Gasteiger partial charge in [-0.3, -0.25) is 29.3 Å². The van der Waals surface area contributed by atoms with Crippen LogP contribution in [0.15, 0.2) is 60.7 Å². The average Bonchev–Trinajstić information content (AvgIpc) is 3.51. The molecule has 1 heterocycles. The molecule has 0 spiro atoms. The van der Waals surface area contributed by atoms with Crippen molar-refractivity contribution in [3.05, 3.63) is 86.9 Å². The zero-order valence-electron chi connectivity index (χ0n) is 17.7. The number of allylic oxidation sites excluding steroid dienone is 2. The van der Waals surface area contributed by atoms with Crippen molar-refractivity contribution >= 4 is 40.8 Å². The number of hydrogen-bond donors (Lipinski definition) is 0. The number of amides is 3. The smallest absolute Gasteiger partial charge is 0.273 e. The second-order valence-electron chi connectivity index (χ2n) is 8.59. The molecule has 0 aromatic heterocycles. The van der Waals surface area contributed by atoms with Crippen molar-refractivity contribution in [2.75, 3.05) is 6.54 Å². The normalized spacial score (nSPS) is 24.4. The molecule has 5 rings (SSSR count). The average molecular weight is 480 g/mol. The minimum Gasteiger partial charge on any atom is -0.292 e. The van der Waals surface area contributed by atoms with Crippen LogP contribution in [0.25, 0.3) is 0 Å². The number of imide groups is 1. The summed E-state index contributed by atoms with van der Waals surface area (Å²) >= 11 is 5.89. The topological polar surface area (TPSA) is 118 Å². The highest BCUT2D eigenvalue weighted by molar-refractivity contribution is 6.30. The van der Waals surface area contributed by atoms with E-state index in [4.69, 9.17) is 11.6 Å². The van der Waals surface area contributed by atoms with Gasteiger partial charge in [-0.25, -0.2) is 5.01 Å². The van der Waals surface area contributed by atoms with E-state index in [9.17, 15) is 29.3 Å². The van der Waals surface area contributed by atoms with Gasteiger partial charge < -0.3 is 0 Å². The third kappa shape index (κ3) is 3.49. The first-order valence-electron chi connectivity index (χ1n) is 10.7. The third-order valence-corrected chi connectivity index (χ3v) is 6.96. The lowest BCUT2D eigenvalue weighted by Crippen LogP contribution is -2.52. The first kappa shape index (κ1) is 22.0. The number of hydrogen-bond acceptors (Lipinski definition) is 6. The van der Waals surface area contributed by atoms with Gasteiger partial charge in [-0.1, -0.05) is 23.8 Å². The Hall–Kier alpha value is -3.85. The molecule has 1 saturated carbocycles. The van der Waals surface area contributed by atoms with E-state index in [0.717, 1.165) is 28.6 Å². The molecule has 2 aromatic carbocycles. The highest BCUT2D eigenvalue weighted by Gasteiger charge is 2.61. The summed E-state index contributed by atoms with van der Waals surface area (Å²) in [7, 11) is 0. The molecule has 1 aliphatic heterocycles. The van der Waals surface area contributed by atoms with E-state index < -0.39 is 46.8 Å². The Kier molecular flexibility index (Phi) is 5.28. The molecule has 2 aliphatic carbocycles. The number of carbonyl (C=O) groups is 4. The van der Waals surface area contributed by atoms with Crippen LogP contribution in [0.3, 0.4) is 0 Å². The Morgan fingerprint density at radius 2 is 1.47 bits per heavy atom. The van der Waals surface area contributed by atoms with E-state index in [2.05, 4.69) is 0 Å². The number of nitro benzene ring substituents is 1. The Bertz CT molecular complexity index is 1230. The largest absolute Gasteiger partial charge is 0.292 e. The third-order valence-electron chi connectivity index (χ3n) is 6.71. The highest BCUT2D eigenvalue weighted by atomic mass is 35.5. The van der Waals surface area contributed by atoms with Gasteiger partial charge in [0, 0.05) is 28.3 Å². The van der Waals surface area contributed by atoms with E-state index in [1.807, 2.05) is 12.2 Å². The van der Waals surface area contributed by atoms with Crippen molar-refractivity contribution in [2.45, 2.75) is 6.42 Å². The summed E-state index contributed by atoms with van der Waals surface area (Å²) in [6.07, 6.45) is 4.59. The van der Waals surface area contributed by atoms with Gasteiger partial charge in [0.25, 0.3) is 23.4 Å². The number of fused-ring (bicyclic) bond motifs is 5. The summed E-state index contributed by atoms with van der Waals surface area (Å²) in [6.45, 7) is -0.558. The Morgan fingerprint density at radius 1 is 0.941 bits per heavy atom. The molecule has 0 unspecified atom stereocenters. The second-order valence-corrected chi connectivity index (χ2v) is 9.02. The van der Waals surface area contributed by atoms with Crippen molar-refractivity contribution in [1.82, 2.24) is 10.0 Å². The number of non-ortho nitro benzene ring substituents is 1. The second kappa shape index (κ2) is 8.18. The van der Waals surface area contributed by atoms with E-state index in [-0.39, 0.29) is 28.7 Å². The van der Waals surface area contributed by atoms with Gasteiger partial charge in [0.05, 0.1) is 16.8 Å². The lowest BCUT2D eigenvalue weighted by Gasteiger charge is -2.30. The summed E-state index contributed by atoms with van der Waals surface area (Å²) in [5.74, 6) is -3.54. The van der Waals surface area contributed by atoms with Crippen molar-refractivity contribution in [3.63, 3.8) is 0 Å². The maximum atomic E-state index is 13.4. The zero-order chi connectivity index (χ0) is 24.1. The molecule has 4 atom stereocenters. The van der Waals surface area contributed by atoms with Crippen LogP contribution < -0.4 is 0 Å². The summed E-state index contributed by atoms with van der Waals surface area (Å²) in [4.78, 5) is 63.5. The van der Waals surface area contributed by atoms with Crippen molar-refractivity contribution in [2.24, 2.45) is 23.7 Å². The lowest BCUT2D eigenvalue weighted by molar-refractivity contribution is -0.384. The van der Waals surface area contributed by atoms with Gasteiger partial charge in [-0.15, -0.1) is 0 Å².